The van der Waals surface area contributed by atoms with E-state index in [1.54, 1.807) is 22.9 Å². The molecule has 0 unspecified atom stereocenters. The number of hydrogen-bond acceptors (Lipinski definition) is 2. The van der Waals surface area contributed by atoms with Gasteiger partial charge in [-0.2, -0.15) is 0 Å². The zero-order valence-corrected chi connectivity index (χ0v) is 7.03. The molecule has 0 aromatic carbocycles. The highest BCUT2D eigenvalue weighted by molar-refractivity contribution is 5.33. The predicted octanol–water partition coefficient (Wildman–Crippen LogP) is 1.01. The van der Waals surface area contributed by atoms with Crippen LogP contribution in [-0.4, -0.2) is 4.57 Å². The maximum absolute atomic E-state index is 11.3. The molecule has 0 aliphatic heterocycles. The summed E-state index contributed by atoms with van der Waals surface area (Å²) in [6, 6.07) is 3.37. The van der Waals surface area contributed by atoms with Gasteiger partial charge in [-0.1, -0.05) is 12.2 Å². The summed E-state index contributed by atoms with van der Waals surface area (Å²) in [5.41, 5.74) is 5.60. The lowest BCUT2D eigenvalue weighted by Crippen LogP contribution is -2.21. The first-order valence-electron chi connectivity index (χ1n) is 3.82. The van der Waals surface area contributed by atoms with E-state index in [1.165, 1.54) is 0 Å². The van der Waals surface area contributed by atoms with Gasteiger partial charge >= 0.3 is 0 Å². The summed E-state index contributed by atoms with van der Waals surface area (Å²) in [5.74, 6) is 0. The fourth-order valence-corrected chi connectivity index (χ4v) is 0.918. The average molecular weight is 164 g/mol. The Morgan fingerprint density at radius 2 is 2.42 bits per heavy atom. The quantitative estimate of drug-likeness (QED) is 0.663. The molecule has 3 heteroatoms. The highest BCUT2D eigenvalue weighted by atomic mass is 16.1. The number of nitrogens with two attached hydrogens (primary N) is 1. The maximum Gasteiger partial charge on any atom is 0.273 e. The van der Waals surface area contributed by atoms with Crippen molar-refractivity contribution in [3.63, 3.8) is 0 Å². The van der Waals surface area contributed by atoms with Crippen LogP contribution in [0.4, 0.5) is 5.69 Å². The number of aromatic nitrogens is 1. The molecular weight excluding hydrogens is 152 g/mol. The summed E-state index contributed by atoms with van der Waals surface area (Å²) in [6.07, 6.45) is 5.52. The molecule has 2 N–H and O–H groups in total. The molecule has 0 atom stereocenters. The van der Waals surface area contributed by atoms with Crippen molar-refractivity contribution in [3.05, 3.63) is 40.8 Å². The van der Waals surface area contributed by atoms with Gasteiger partial charge in [-0.05, 0) is 19.1 Å². The smallest absolute Gasteiger partial charge is 0.273 e. The minimum absolute atomic E-state index is 0.129. The van der Waals surface area contributed by atoms with Crippen molar-refractivity contribution >= 4 is 5.69 Å². The van der Waals surface area contributed by atoms with Crippen molar-refractivity contribution in [2.75, 3.05) is 5.73 Å². The first-order chi connectivity index (χ1) is 5.75. The van der Waals surface area contributed by atoms with Crippen molar-refractivity contribution in [1.29, 1.82) is 0 Å². The fraction of sp³-hybridized carbons (Fsp3) is 0.222. The zero-order valence-electron chi connectivity index (χ0n) is 7.03. The van der Waals surface area contributed by atoms with E-state index in [2.05, 4.69) is 0 Å². The lowest BCUT2D eigenvalue weighted by molar-refractivity contribution is 0.781. The van der Waals surface area contributed by atoms with Crippen LogP contribution in [0.3, 0.4) is 0 Å². The second-order valence-corrected chi connectivity index (χ2v) is 2.49. The van der Waals surface area contributed by atoms with E-state index in [0.717, 1.165) is 0 Å². The second-order valence-electron chi connectivity index (χ2n) is 2.49. The maximum atomic E-state index is 11.3. The minimum Gasteiger partial charge on any atom is -0.394 e. The highest BCUT2D eigenvalue weighted by Crippen LogP contribution is 1.91. The Labute approximate surface area is 71.1 Å². The molecule has 0 saturated carbocycles. The molecule has 64 valence electrons. The number of pyridine rings is 1. The summed E-state index contributed by atoms with van der Waals surface area (Å²) in [5, 5.41) is 0. The molecule has 1 aromatic rings. The molecule has 0 radical (unpaired) electrons. The van der Waals surface area contributed by atoms with Gasteiger partial charge in [-0.25, -0.2) is 0 Å². The highest BCUT2D eigenvalue weighted by Gasteiger charge is 1.95. The summed E-state index contributed by atoms with van der Waals surface area (Å²) in [4.78, 5) is 11.3. The Kier molecular flexibility index (Phi) is 2.69. The third-order valence-corrected chi connectivity index (χ3v) is 1.59. The Bertz CT molecular complexity index is 339. The van der Waals surface area contributed by atoms with Gasteiger partial charge < -0.3 is 10.3 Å². The molecule has 0 amide bonds. The molecule has 3 nitrogen and oxygen atoms in total. The molecular formula is C9H12N2O. The molecule has 0 saturated heterocycles. The SMILES string of the molecule is C/C=C/Cn1cccc(N)c1=O. The van der Waals surface area contributed by atoms with Crippen molar-refractivity contribution in [2.24, 2.45) is 0 Å². The van der Waals surface area contributed by atoms with E-state index in [0.29, 0.717) is 12.2 Å². The van der Waals surface area contributed by atoms with E-state index in [-0.39, 0.29) is 5.56 Å². The lowest BCUT2D eigenvalue weighted by Gasteiger charge is -2.01. The topological polar surface area (TPSA) is 48.0 Å². The molecule has 1 aromatic heterocycles. The summed E-state index contributed by atoms with van der Waals surface area (Å²) in [6.45, 7) is 2.50. The summed E-state index contributed by atoms with van der Waals surface area (Å²) in [7, 11) is 0. The minimum atomic E-state index is -0.129. The van der Waals surface area contributed by atoms with Crippen molar-refractivity contribution in [2.45, 2.75) is 13.5 Å². The van der Waals surface area contributed by atoms with Crippen LogP contribution in [0.5, 0.6) is 0 Å². The molecule has 0 aliphatic carbocycles. The van der Waals surface area contributed by atoms with Crippen LogP contribution in [0.1, 0.15) is 6.92 Å². The largest absolute Gasteiger partial charge is 0.394 e. The van der Waals surface area contributed by atoms with Gasteiger partial charge in [0.15, 0.2) is 0 Å². The first-order valence-corrected chi connectivity index (χ1v) is 3.82. The zero-order chi connectivity index (χ0) is 8.97. The molecule has 0 bridgehead atoms. The van der Waals surface area contributed by atoms with Gasteiger partial charge in [0, 0.05) is 12.7 Å². The predicted molar refractivity (Wildman–Crippen MR) is 49.9 cm³/mol. The molecule has 0 fully saturated rings. The van der Waals surface area contributed by atoms with Crippen LogP contribution < -0.4 is 11.3 Å². The normalized spacial score (nSPS) is 10.8. The Balaban J connectivity index is 3.00. The van der Waals surface area contributed by atoms with E-state index in [9.17, 15) is 4.79 Å². The third kappa shape index (κ3) is 1.75. The van der Waals surface area contributed by atoms with Gasteiger partial charge in [-0.3, -0.25) is 4.79 Å². The lowest BCUT2D eigenvalue weighted by atomic mass is 10.4. The fourth-order valence-electron chi connectivity index (χ4n) is 0.918. The van der Waals surface area contributed by atoms with E-state index >= 15 is 0 Å². The monoisotopic (exact) mass is 164 g/mol. The van der Waals surface area contributed by atoms with E-state index < -0.39 is 0 Å². The molecule has 1 heterocycles. The van der Waals surface area contributed by atoms with Crippen LogP contribution in [0, 0.1) is 0 Å². The number of nitrogens with zero attached hydrogens (tertiary/aromatic N) is 1. The Hall–Kier alpha value is -1.51. The molecule has 0 aliphatic rings. The van der Waals surface area contributed by atoms with Gasteiger partial charge in [0.2, 0.25) is 0 Å². The first kappa shape index (κ1) is 8.59. The summed E-state index contributed by atoms with van der Waals surface area (Å²) < 4.78 is 1.56. The molecule has 0 spiro atoms. The van der Waals surface area contributed by atoms with Crippen LogP contribution >= 0.6 is 0 Å². The van der Waals surface area contributed by atoms with E-state index in [4.69, 9.17) is 5.73 Å². The van der Waals surface area contributed by atoms with Crippen LogP contribution in [-0.2, 0) is 6.54 Å². The van der Waals surface area contributed by atoms with Crippen LogP contribution in [0.15, 0.2) is 35.3 Å². The van der Waals surface area contributed by atoms with Gasteiger partial charge in [0.25, 0.3) is 5.56 Å². The number of nitrogen functional groups attached to an aromatic ring is 1. The standard InChI is InChI=1S/C9H12N2O/c1-2-3-6-11-7-4-5-8(10)9(11)12/h2-5,7H,6,10H2,1H3/b3-2+. The van der Waals surface area contributed by atoms with Gasteiger partial charge in [0.05, 0.1) is 5.69 Å². The number of rotatable bonds is 2. The van der Waals surface area contributed by atoms with Crippen LogP contribution in [0.2, 0.25) is 0 Å². The Morgan fingerprint density at radius 1 is 1.67 bits per heavy atom. The van der Waals surface area contributed by atoms with E-state index in [1.807, 2.05) is 19.1 Å². The van der Waals surface area contributed by atoms with Gasteiger partial charge in [-0.15, -0.1) is 0 Å². The third-order valence-electron chi connectivity index (χ3n) is 1.59. The number of hydrogen-bond donors (Lipinski definition) is 1. The molecule has 12 heavy (non-hydrogen) atoms. The second kappa shape index (κ2) is 3.76. The molecule has 1 rings (SSSR count). The van der Waals surface area contributed by atoms with Gasteiger partial charge in [0.1, 0.15) is 0 Å². The van der Waals surface area contributed by atoms with Crippen molar-refractivity contribution in [1.82, 2.24) is 4.57 Å². The number of allylic oxidation sites excluding steroid dienone is 2. The average Bonchev–Trinajstić information content (AvgIpc) is 2.08. The van der Waals surface area contributed by atoms with Crippen LogP contribution in [0.25, 0.3) is 0 Å². The number of anilines is 1. The van der Waals surface area contributed by atoms with Crippen molar-refractivity contribution < 1.29 is 0 Å². The van der Waals surface area contributed by atoms with Crippen molar-refractivity contribution in [3.8, 4) is 0 Å². The Morgan fingerprint density at radius 3 is 3.08 bits per heavy atom. The summed E-state index contributed by atoms with van der Waals surface area (Å²) >= 11 is 0.